The third kappa shape index (κ3) is 4.77. The molecule has 0 radical (unpaired) electrons. The molecule has 2 heterocycles. The van der Waals surface area contributed by atoms with Crippen molar-refractivity contribution in [3.8, 4) is 5.75 Å². The lowest BCUT2D eigenvalue weighted by Gasteiger charge is -2.31. The molecule has 0 saturated carbocycles. The van der Waals surface area contributed by atoms with Crippen molar-refractivity contribution in [2.75, 3.05) is 52.9 Å². The molecule has 1 aromatic rings. The smallest absolute Gasteiger partial charge is 0.176 e. The van der Waals surface area contributed by atoms with Gasteiger partial charge in [0.1, 0.15) is 11.9 Å². The molecule has 0 bridgehead atoms. The van der Waals surface area contributed by atoms with Crippen LogP contribution in [0.5, 0.6) is 5.75 Å². The van der Waals surface area contributed by atoms with Crippen molar-refractivity contribution < 1.29 is 9.53 Å². The highest BCUT2D eigenvalue weighted by atomic mass is 16.5. The van der Waals surface area contributed by atoms with E-state index in [-0.39, 0.29) is 11.9 Å². The molecule has 1 atom stereocenters. The monoisotopic (exact) mass is 317 g/mol. The second-order valence-corrected chi connectivity index (χ2v) is 6.61. The number of ether oxygens (including phenoxy) is 1. The number of likely N-dealkylation sites (N-methyl/N-ethyl adjacent to an activating group) is 1. The highest BCUT2D eigenvalue weighted by Gasteiger charge is 2.18. The summed E-state index contributed by atoms with van der Waals surface area (Å²) in [6.07, 6.45) is 2.50. The topological polar surface area (TPSA) is 44.8 Å². The molecule has 0 aliphatic carbocycles. The Balaban J connectivity index is 1.50. The molecule has 1 aromatic carbocycles. The van der Waals surface area contributed by atoms with Crippen molar-refractivity contribution in [3.63, 3.8) is 0 Å². The molecule has 2 saturated heterocycles. The predicted molar refractivity (Wildman–Crippen MR) is 91.2 cm³/mol. The number of nitrogens with one attached hydrogen (secondary N) is 1. The van der Waals surface area contributed by atoms with Gasteiger partial charge in [-0.25, -0.2) is 0 Å². The maximum absolute atomic E-state index is 12.4. The van der Waals surface area contributed by atoms with Gasteiger partial charge >= 0.3 is 0 Å². The SMILES string of the molecule is CN1CCN(CC(=O)c2ccc(OC3CCCNC3)cc2)CC1. The van der Waals surface area contributed by atoms with Crippen molar-refractivity contribution in [3.05, 3.63) is 29.8 Å². The van der Waals surface area contributed by atoms with Crippen LogP contribution >= 0.6 is 0 Å². The molecule has 2 aliphatic heterocycles. The van der Waals surface area contributed by atoms with Crippen molar-refractivity contribution in [1.82, 2.24) is 15.1 Å². The highest BCUT2D eigenvalue weighted by molar-refractivity contribution is 5.97. The maximum atomic E-state index is 12.4. The Morgan fingerprint density at radius 3 is 2.61 bits per heavy atom. The van der Waals surface area contributed by atoms with Crippen LogP contribution in [0.2, 0.25) is 0 Å². The first kappa shape index (κ1) is 16.4. The number of nitrogens with zero attached hydrogens (tertiary/aromatic N) is 2. The van der Waals surface area contributed by atoms with Crippen molar-refractivity contribution >= 4 is 5.78 Å². The third-order valence-electron chi connectivity index (χ3n) is 4.69. The van der Waals surface area contributed by atoms with Crippen LogP contribution in [0.1, 0.15) is 23.2 Å². The van der Waals surface area contributed by atoms with Gasteiger partial charge in [0, 0.05) is 38.3 Å². The average molecular weight is 317 g/mol. The summed E-state index contributed by atoms with van der Waals surface area (Å²) >= 11 is 0. The van der Waals surface area contributed by atoms with Gasteiger partial charge in [-0.15, -0.1) is 0 Å². The fourth-order valence-corrected chi connectivity index (χ4v) is 3.13. The minimum atomic E-state index is 0.195. The second kappa shape index (κ2) is 7.90. The fourth-order valence-electron chi connectivity index (χ4n) is 3.13. The van der Waals surface area contributed by atoms with Crippen LogP contribution in [0.3, 0.4) is 0 Å². The van der Waals surface area contributed by atoms with Gasteiger partial charge in [-0.2, -0.15) is 0 Å². The molecule has 0 aromatic heterocycles. The summed E-state index contributed by atoms with van der Waals surface area (Å²) in [5.74, 6) is 1.05. The van der Waals surface area contributed by atoms with Crippen molar-refractivity contribution in [2.24, 2.45) is 0 Å². The van der Waals surface area contributed by atoms with Gasteiger partial charge in [-0.1, -0.05) is 0 Å². The molecule has 2 fully saturated rings. The van der Waals surface area contributed by atoms with Crippen LogP contribution in [-0.4, -0.2) is 74.5 Å². The van der Waals surface area contributed by atoms with Crippen LogP contribution in [0, 0.1) is 0 Å². The molecule has 3 rings (SSSR count). The molecule has 5 nitrogen and oxygen atoms in total. The first-order valence-electron chi connectivity index (χ1n) is 8.62. The van der Waals surface area contributed by atoms with Crippen LogP contribution in [-0.2, 0) is 0 Å². The first-order valence-corrected chi connectivity index (χ1v) is 8.62. The predicted octanol–water partition coefficient (Wildman–Crippen LogP) is 1.25. The molecule has 5 heteroatoms. The van der Waals surface area contributed by atoms with Crippen molar-refractivity contribution in [2.45, 2.75) is 18.9 Å². The van der Waals surface area contributed by atoms with E-state index < -0.39 is 0 Å². The minimum absolute atomic E-state index is 0.195. The van der Waals surface area contributed by atoms with E-state index in [0.29, 0.717) is 6.54 Å². The number of piperazine rings is 1. The average Bonchev–Trinajstić information content (AvgIpc) is 2.58. The Bertz CT molecular complexity index is 504. The lowest BCUT2D eigenvalue weighted by atomic mass is 10.1. The van der Waals surface area contributed by atoms with E-state index >= 15 is 0 Å². The Kier molecular flexibility index (Phi) is 5.65. The van der Waals surface area contributed by atoms with Gasteiger partial charge in [0.15, 0.2) is 5.78 Å². The number of rotatable bonds is 5. The summed E-state index contributed by atoms with van der Waals surface area (Å²) in [5, 5.41) is 3.35. The summed E-state index contributed by atoms with van der Waals surface area (Å²) < 4.78 is 5.96. The maximum Gasteiger partial charge on any atom is 0.176 e. The van der Waals surface area contributed by atoms with Gasteiger partial charge in [-0.05, 0) is 50.7 Å². The largest absolute Gasteiger partial charge is 0.489 e. The van der Waals surface area contributed by atoms with E-state index in [9.17, 15) is 4.79 Å². The van der Waals surface area contributed by atoms with Crippen LogP contribution < -0.4 is 10.1 Å². The quantitative estimate of drug-likeness (QED) is 0.828. The number of hydrogen-bond acceptors (Lipinski definition) is 5. The fraction of sp³-hybridized carbons (Fsp3) is 0.611. The van der Waals surface area contributed by atoms with Crippen LogP contribution in [0.4, 0.5) is 0 Å². The molecule has 23 heavy (non-hydrogen) atoms. The zero-order valence-electron chi connectivity index (χ0n) is 14.0. The Morgan fingerprint density at radius 2 is 1.96 bits per heavy atom. The first-order chi connectivity index (χ1) is 11.2. The normalized spacial score (nSPS) is 23.6. The summed E-state index contributed by atoms with van der Waals surface area (Å²) in [7, 11) is 2.12. The molecule has 0 amide bonds. The zero-order valence-corrected chi connectivity index (χ0v) is 14.0. The van der Waals surface area contributed by atoms with E-state index in [1.807, 2.05) is 24.3 Å². The Morgan fingerprint density at radius 1 is 1.22 bits per heavy atom. The van der Waals surface area contributed by atoms with E-state index in [4.69, 9.17) is 4.74 Å². The van der Waals surface area contributed by atoms with E-state index in [1.165, 1.54) is 0 Å². The van der Waals surface area contributed by atoms with Gasteiger partial charge < -0.3 is 15.0 Å². The molecule has 1 N–H and O–H groups in total. The number of Topliss-reactive ketones (excluding diaryl/α,β-unsaturated/α-hetero) is 1. The van der Waals surface area contributed by atoms with E-state index in [1.54, 1.807) is 0 Å². The van der Waals surface area contributed by atoms with Crippen LogP contribution in [0.15, 0.2) is 24.3 Å². The number of carbonyl (C=O) groups is 1. The number of piperidine rings is 1. The highest BCUT2D eigenvalue weighted by Crippen LogP contribution is 2.17. The molecular formula is C18H27N3O2. The summed E-state index contributed by atoms with van der Waals surface area (Å²) in [6.45, 7) is 6.52. The molecule has 2 aliphatic rings. The van der Waals surface area contributed by atoms with Gasteiger partial charge in [0.05, 0.1) is 6.54 Å². The molecule has 1 unspecified atom stereocenters. The number of ketones is 1. The zero-order chi connectivity index (χ0) is 16.1. The van der Waals surface area contributed by atoms with Gasteiger partial charge in [0.25, 0.3) is 0 Å². The molecule has 0 spiro atoms. The minimum Gasteiger partial charge on any atom is -0.489 e. The second-order valence-electron chi connectivity index (χ2n) is 6.61. The van der Waals surface area contributed by atoms with Crippen molar-refractivity contribution in [1.29, 1.82) is 0 Å². The summed E-state index contributed by atoms with van der Waals surface area (Å²) in [4.78, 5) is 16.9. The number of hydrogen-bond donors (Lipinski definition) is 1. The number of benzene rings is 1. The third-order valence-corrected chi connectivity index (χ3v) is 4.69. The van der Waals surface area contributed by atoms with Gasteiger partial charge in [-0.3, -0.25) is 9.69 Å². The lowest BCUT2D eigenvalue weighted by molar-refractivity contribution is 0.0876. The Labute approximate surface area is 138 Å². The van der Waals surface area contributed by atoms with Crippen LogP contribution in [0.25, 0.3) is 0 Å². The van der Waals surface area contributed by atoms with Gasteiger partial charge in [0.2, 0.25) is 0 Å². The molecular weight excluding hydrogens is 290 g/mol. The summed E-state index contributed by atoms with van der Waals surface area (Å²) in [5.41, 5.74) is 0.776. The summed E-state index contributed by atoms with van der Waals surface area (Å²) in [6, 6.07) is 7.63. The Hall–Kier alpha value is -1.43. The van der Waals surface area contributed by atoms with E-state index in [2.05, 4.69) is 22.2 Å². The molecule has 126 valence electrons. The number of carbonyl (C=O) groups excluding carboxylic acids is 1. The van der Waals surface area contributed by atoms with E-state index in [0.717, 1.165) is 63.4 Å². The standard InChI is InChI=1S/C18H27N3O2/c1-20-9-11-21(12-10-20)14-18(22)15-4-6-16(7-5-15)23-17-3-2-8-19-13-17/h4-7,17,19H,2-3,8-14H2,1H3. The lowest BCUT2D eigenvalue weighted by Crippen LogP contribution is -2.46.